The van der Waals surface area contributed by atoms with Gasteiger partial charge in [-0.05, 0) is 36.8 Å². The van der Waals surface area contributed by atoms with Crippen molar-refractivity contribution in [2.75, 3.05) is 11.9 Å². The largest absolute Gasteiger partial charge is 0.354 e. The number of aromatic nitrogens is 3. The molecule has 4 rings (SSSR count). The molecule has 2 heterocycles. The van der Waals surface area contributed by atoms with Crippen molar-refractivity contribution in [2.45, 2.75) is 64.8 Å². The Morgan fingerprint density at radius 2 is 1.87 bits per heavy atom. The summed E-state index contributed by atoms with van der Waals surface area (Å²) in [5.41, 5.74) is 2.83. The van der Waals surface area contributed by atoms with E-state index in [-0.39, 0.29) is 17.5 Å². The second-order valence-electron chi connectivity index (χ2n) is 8.93. The van der Waals surface area contributed by atoms with E-state index in [1.165, 1.54) is 12.8 Å². The quantitative estimate of drug-likeness (QED) is 0.563. The predicted octanol–water partition coefficient (Wildman–Crippen LogP) is 5.52. The van der Waals surface area contributed by atoms with E-state index in [1.54, 1.807) is 0 Å². The van der Waals surface area contributed by atoms with E-state index in [2.05, 4.69) is 43.2 Å². The average Bonchev–Trinajstić information content (AvgIpc) is 3.27. The Hall–Kier alpha value is -2.69. The van der Waals surface area contributed by atoms with E-state index < -0.39 is 0 Å². The fourth-order valence-corrected chi connectivity index (χ4v) is 4.43. The van der Waals surface area contributed by atoms with Crippen molar-refractivity contribution in [2.24, 2.45) is 5.92 Å². The predicted molar refractivity (Wildman–Crippen MR) is 123 cm³/mol. The molecule has 5 heteroatoms. The minimum absolute atomic E-state index is 0.0274. The molecule has 0 saturated heterocycles. The summed E-state index contributed by atoms with van der Waals surface area (Å²) < 4.78 is 1.96. The molecule has 1 aliphatic carbocycles. The number of hydrogen-bond donors (Lipinski definition) is 1. The molecule has 0 radical (unpaired) electrons. The van der Waals surface area contributed by atoms with Crippen LogP contribution >= 0.6 is 0 Å². The van der Waals surface area contributed by atoms with E-state index in [0.717, 1.165) is 48.0 Å². The van der Waals surface area contributed by atoms with E-state index in [4.69, 9.17) is 4.98 Å². The van der Waals surface area contributed by atoms with E-state index >= 15 is 0 Å². The molecule has 30 heavy (non-hydrogen) atoms. The van der Waals surface area contributed by atoms with Gasteiger partial charge in [0.25, 0.3) is 5.56 Å². The van der Waals surface area contributed by atoms with Crippen LogP contribution in [0, 0.1) is 5.92 Å². The van der Waals surface area contributed by atoms with Crippen LogP contribution < -0.4 is 10.9 Å². The van der Waals surface area contributed by atoms with Gasteiger partial charge in [0, 0.05) is 35.7 Å². The van der Waals surface area contributed by atoms with Crippen LogP contribution in [-0.2, 0) is 0 Å². The van der Waals surface area contributed by atoms with Crippen molar-refractivity contribution in [3.05, 3.63) is 64.1 Å². The lowest BCUT2D eigenvalue weighted by Gasteiger charge is -2.20. The maximum Gasteiger partial charge on any atom is 0.256 e. The molecule has 1 aliphatic rings. The van der Waals surface area contributed by atoms with Crippen molar-refractivity contribution in [1.82, 2.24) is 14.5 Å². The summed E-state index contributed by atoms with van der Waals surface area (Å²) in [6.45, 7) is 7.35. The maximum atomic E-state index is 13.7. The van der Waals surface area contributed by atoms with Crippen molar-refractivity contribution < 1.29 is 0 Å². The molecule has 2 aromatic heterocycles. The molecule has 0 spiro atoms. The molecule has 1 atom stereocenters. The first-order chi connectivity index (χ1) is 14.5. The molecular weight excluding hydrogens is 372 g/mol. The lowest BCUT2D eigenvalue weighted by molar-refractivity contribution is 0.511. The zero-order valence-electron chi connectivity index (χ0n) is 18.3. The molecule has 0 aliphatic heterocycles. The molecule has 1 unspecified atom stereocenters. The van der Waals surface area contributed by atoms with Gasteiger partial charge in [-0.3, -0.25) is 9.36 Å². The highest BCUT2D eigenvalue weighted by atomic mass is 16.1. The van der Waals surface area contributed by atoms with Gasteiger partial charge >= 0.3 is 0 Å². The van der Waals surface area contributed by atoms with Gasteiger partial charge in [-0.15, -0.1) is 0 Å². The number of rotatable bonds is 7. The summed E-state index contributed by atoms with van der Waals surface area (Å²) in [6.07, 6.45) is 7.34. The average molecular weight is 405 g/mol. The van der Waals surface area contributed by atoms with Crippen molar-refractivity contribution in [3.63, 3.8) is 0 Å². The Balaban J connectivity index is 1.79. The molecule has 1 N–H and O–H groups in total. The number of hydrogen-bond acceptors (Lipinski definition) is 4. The molecule has 158 valence electrons. The van der Waals surface area contributed by atoms with Gasteiger partial charge < -0.3 is 5.32 Å². The fraction of sp³-hybridized carbons (Fsp3) is 0.480. The molecule has 1 saturated carbocycles. The van der Waals surface area contributed by atoms with E-state index in [9.17, 15) is 4.79 Å². The van der Waals surface area contributed by atoms with Crippen molar-refractivity contribution in [1.29, 1.82) is 0 Å². The number of nitrogens with zero attached hydrogens (tertiary/aromatic N) is 3. The number of pyridine rings is 1. The molecule has 0 bridgehead atoms. The Morgan fingerprint density at radius 1 is 1.13 bits per heavy atom. The Bertz CT molecular complexity index is 1050. The SMILES string of the molecule is CC(C)CCNc1ncc2cc(C(C)c3ccccc3)c(=O)n(C3CCCC3)c2n1. The highest BCUT2D eigenvalue weighted by molar-refractivity contribution is 5.76. The van der Waals surface area contributed by atoms with Crippen LogP contribution in [0.4, 0.5) is 5.95 Å². The lowest BCUT2D eigenvalue weighted by Crippen LogP contribution is -2.29. The van der Waals surface area contributed by atoms with Gasteiger partial charge in [-0.2, -0.15) is 4.98 Å². The molecule has 1 aromatic carbocycles. The number of anilines is 1. The van der Waals surface area contributed by atoms with E-state index in [1.807, 2.05) is 35.0 Å². The summed E-state index contributed by atoms with van der Waals surface area (Å²) in [5.74, 6) is 1.26. The highest BCUT2D eigenvalue weighted by Gasteiger charge is 2.24. The smallest absolute Gasteiger partial charge is 0.256 e. The minimum atomic E-state index is 0.0274. The molecule has 3 aromatic rings. The Kier molecular flexibility index (Phi) is 6.16. The summed E-state index contributed by atoms with van der Waals surface area (Å²) >= 11 is 0. The molecular formula is C25H32N4O. The van der Waals surface area contributed by atoms with Gasteiger partial charge in [0.1, 0.15) is 5.65 Å². The zero-order chi connectivity index (χ0) is 21.1. The lowest BCUT2D eigenvalue weighted by atomic mass is 9.93. The number of fused-ring (bicyclic) bond motifs is 1. The summed E-state index contributed by atoms with van der Waals surface area (Å²) in [7, 11) is 0. The minimum Gasteiger partial charge on any atom is -0.354 e. The van der Waals surface area contributed by atoms with Crippen LogP contribution in [0.25, 0.3) is 11.0 Å². The normalized spacial score (nSPS) is 15.7. The number of nitrogens with one attached hydrogen (secondary N) is 1. The van der Waals surface area contributed by atoms with Gasteiger partial charge in [-0.25, -0.2) is 4.98 Å². The van der Waals surface area contributed by atoms with Gasteiger partial charge in [0.2, 0.25) is 5.95 Å². The summed E-state index contributed by atoms with van der Waals surface area (Å²) in [5, 5.41) is 4.27. The van der Waals surface area contributed by atoms with Gasteiger partial charge in [0.05, 0.1) is 0 Å². The zero-order valence-corrected chi connectivity index (χ0v) is 18.3. The van der Waals surface area contributed by atoms with Crippen LogP contribution in [-0.4, -0.2) is 21.1 Å². The van der Waals surface area contributed by atoms with Crippen LogP contribution in [0.5, 0.6) is 0 Å². The third-order valence-electron chi connectivity index (χ3n) is 6.26. The second kappa shape index (κ2) is 8.99. The summed E-state index contributed by atoms with van der Waals surface area (Å²) in [6, 6.07) is 12.5. The van der Waals surface area contributed by atoms with Crippen molar-refractivity contribution >= 4 is 17.0 Å². The molecule has 1 fully saturated rings. The number of benzene rings is 1. The summed E-state index contributed by atoms with van der Waals surface area (Å²) in [4.78, 5) is 23.0. The Morgan fingerprint density at radius 3 is 2.57 bits per heavy atom. The standard InChI is InChI=1S/C25H32N4O/c1-17(2)13-14-26-25-27-16-20-15-22(18(3)19-9-5-4-6-10-19)24(30)29(23(20)28-25)21-11-7-8-12-21/h4-6,9-10,15-18,21H,7-8,11-14H2,1-3H3,(H,26,27,28). The van der Waals surface area contributed by atoms with Crippen LogP contribution in [0.2, 0.25) is 0 Å². The first-order valence-corrected chi connectivity index (χ1v) is 11.3. The van der Waals surface area contributed by atoms with Crippen LogP contribution in [0.1, 0.15) is 76.0 Å². The van der Waals surface area contributed by atoms with Crippen LogP contribution in [0.15, 0.2) is 47.4 Å². The monoisotopic (exact) mass is 404 g/mol. The highest BCUT2D eigenvalue weighted by Crippen LogP contribution is 2.32. The topological polar surface area (TPSA) is 59.8 Å². The maximum absolute atomic E-state index is 13.7. The first-order valence-electron chi connectivity index (χ1n) is 11.3. The van der Waals surface area contributed by atoms with E-state index in [0.29, 0.717) is 11.9 Å². The van der Waals surface area contributed by atoms with Gasteiger partial charge in [0.15, 0.2) is 0 Å². The van der Waals surface area contributed by atoms with Crippen molar-refractivity contribution in [3.8, 4) is 0 Å². The molecule has 0 amide bonds. The van der Waals surface area contributed by atoms with Gasteiger partial charge in [-0.1, -0.05) is 63.9 Å². The van der Waals surface area contributed by atoms with Crippen LogP contribution in [0.3, 0.4) is 0 Å². The second-order valence-corrected chi connectivity index (χ2v) is 8.93. The fourth-order valence-electron chi connectivity index (χ4n) is 4.43. The molecule has 5 nitrogen and oxygen atoms in total. The first kappa shape index (κ1) is 20.6. The third kappa shape index (κ3) is 4.25. The Labute approximate surface area is 178 Å². The third-order valence-corrected chi connectivity index (χ3v) is 6.26.